The third-order valence-electron chi connectivity index (χ3n) is 8.57. The van der Waals surface area contributed by atoms with Crippen molar-refractivity contribution >= 4 is 17.8 Å². The summed E-state index contributed by atoms with van der Waals surface area (Å²) < 4.78 is 12.4. The third kappa shape index (κ3) is 4.69. The van der Waals surface area contributed by atoms with Gasteiger partial charge in [-0.15, -0.1) is 13.2 Å². The van der Waals surface area contributed by atoms with Crippen molar-refractivity contribution in [3.8, 4) is 0 Å². The number of allylic oxidation sites excluding steroid dienone is 1. The number of hydrogen-bond donors (Lipinski definition) is 1. The van der Waals surface area contributed by atoms with Gasteiger partial charge in [0.15, 0.2) is 0 Å². The van der Waals surface area contributed by atoms with Gasteiger partial charge in [-0.25, -0.2) is 0 Å². The average molecular weight is 525 g/mol. The number of fused-ring (bicyclic) bond motifs is 1. The smallest absolute Gasteiger partial charge is 0.312 e. The highest BCUT2D eigenvalue weighted by atomic mass is 16.6. The second-order valence-corrected chi connectivity index (χ2v) is 10.9. The molecule has 2 amide bonds. The number of β-amino-alcohol motifs (C(OH)–C–C–N with tert-alkyl or cyclic N) is 1. The monoisotopic (exact) mass is 524 g/mol. The lowest BCUT2D eigenvalue weighted by molar-refractivity contribution is -0.162. The summed E-state index contributed by atoms with van der Waals surface area (Å²) in [4.78, 5) is 44.7. The van der Waals surface area contributed by atoms with Gasteiger partial charge in [0, 0.05) is 19.6 Å². The predicted molar refractivity (Wildman–Crippen MR) is 143 cm³/mol. The fraction of sp³-hybridized carbons (Fsp3) is 0.567. The van der Waals surface area contributed by atoms with Gasteiger partial charge in [0.1, 0.15) is 17.6 Å². The van der Waals surface area contributed by atoms with Gasteiger partial charge < -0.3 is 24.4 Å². The summed E-state index contributed by atoms with van der Waals surface area (Å²) in [6.07, 6.45) is 6.36. The van der Waals surface area contributed by atoms with Gasteiger partial charge in [0.25, 0.3) is 0 Å². The van der Waals surface area contributed by atoms with E-state index in [0.29, 0.717) is 19.4 Å². The summed E-state index contributed by atoms with van der Waals surface area (Å²) in [6, 6.07) is 8.67. The molecule has 0 aromatic heterocycles. The molecule has 3 fully saturated rings. The predicted octanol–water partition coefficient (Wildman–Crippen LogP) is 3.10. The first-order valence-electron chi connectivity index (χ1n) is 13.6. The second kappa shape index (κ2) is 11.4. The van der Waals surface area contributed by atoms with Crippen LogP contribution in [-0.2, 0) is 30.4 Å². The van der Waals surface area contributed by atoms with E-state index in [4.69, 9.17) is 9.47 Å². The molecule has 0 saturated carbocycles. The molecule has 4 rings (SSSR count). The molecule has 1 aromatic rings. The summed E-state index contributed by atoms with van der Waals surface area (Å²) in [6.45, 7) is 12.0. The quantitative estimate of drug-likeness (QED) is 0.242. The summed E-state index contributed by atoms with van der Waals surface area (Å²) in [5.41, 5.74) is -1.14. The van der Waals surface area contributed by atoms with Gasteiger partial charge in [-0.05, 0) is 44.1 Å². The molecule has 8 nitrogen and oxygen atoms in total. The van der Waals surface area contributed by atoms with E-state index in [9.17, 15) is 19.5 Å². The van der Waals surface area contributed by atoms with Crippen LogP contribution < -0.4 is 0 Å². The van der Waals surface area contributed by atoms with Crippen molar-refractivity contribution in [3.05, 3.63) is 61.2 Å². The van der Waals surface area contributed by atoms with Crippen molar-refractivity contribution in [1.29, 1.82) is 0 Å². The lowest BCUT2D eigenvalue weighted by Crippen LogP contribution is -2.56. The lowest BCUT2D eigenvalue weighted by Gasteiger charge is -2.37. The van der Waals surface area contributed by atoms with Gasteiger partial charge >= 0.3 is 5.97 Å². The summed E-state index contributed by atoms with van der Waals surface area (Å²) in [5.74, 6) is -2.79. The largest absolute Gasteiger partial charge is 0.465 e. The number of likely N-dealkylation sites (tertiary alicyclic amines) is 1. The van der Waals surface area contributed by atoms with Crippen LogP contribution in [0.2, 0.25) is 0 Å². The number of carbonyl (C=O) groups is 3. The van der Waals surface area contributed by atoms with Crippen LogP contribution in [0.1, 0.15) is 45.1 Å². The number of unbranched alkanes of at least 4 members (excludes halogenated alkanes) is 2. The van der Waals surface area contributed by atoms with Crippen LogP contribution in [0.15, 0.2) is 55.6 Å². The Bertz CT molecular complexity index is 1060. The Morgan fingerprint density at radius 2 is 1.97 bits per heavy atom. The van der Waals surface area contributed by atoms with E-state index in [1.165, 1.54) is 4.90 Å². The maximum absolute atomic E-state index is 14.3. The number of hydrogen-bond acceptors (Lipinski definition) is 6. The van der Waals surface area contributed by atoms with Crippen LogP contribution >= 0.6 is 0 Å². The van der Waals surface area contributed by atoms with E-state index in [2.05, 4.69) is 13.2 Å². The molecule has 38 heavy (non-hydrogen) atoms. The Morgan fingerprint density at radius 1 is 1.24 bits per heavy atom. The Balaban J connectivity index is 1.67. The SMILES string of the molecule is C=CCCCCOC(=O)[C@H]1[C@H]2C(=O)N(CCO)C(C(=O)N(CC=C)Cc3ccccc3)C23CC(C)[C@]1(C)O3. The molecule has 3 heterocycles. The first-order valence-corrected chi connectivity index (χ1v) is 13.6. The van der Waals surface area contributed by atoms with E-state index in [0.717, 1.165) is 18.4 Å². The fourth-order valence-electron chi connectivity index (χ4n) is 6.74. The van der Waals surface area contributed by atoms with Crippen molar-refractivity contribution in [1.82, 2.24) is 9.80 Å². The molecule has 3 saturated heterocycles. The van der Waals surface area contributed by atoms with Gasteiger partial charge in [-0.2, -0.15) is 0 Å². The van der Waals surface area contributed by atoms with E-state index in [1.54, 1.807) is 11.0 Å². The van der Waals surface area contributed by atoms with Crippen LogP contribution in [0.5, 0.6) is 0 Å². The standard InChI is InChI=1S/C30H40N2O6/c1-5-7-8-12-18-37-28(36)24-23-26(34)32(16-17-33)25(30(23)19-21(3)29(24,4)38-30)27(35)31(15-6-2)20-22-13-10-9-11-14-22/h5-6,9-11,13-14,21,23-25,33H,1-2,7-8,12,15-20H2,3-4H3/t21?,23-,24+,25?,29-,30?/m0/s1. The summed E-state index contributed by atoms with van der Waals surface area (Å²) in [5, 5.41) is 9.84. The number of aliphatic hydroxyl groups is 1. The third-order valence-corrected chi connectivity index (χ3v) is 8.57. The topological polar surface area (TPSA) is 96.4 Å². The molecule has 3 aliphatic heterocycles. The number of benzene rings is 1. The zero-order valence-corrected chi connectivity index (χ0v) is 22.5. The van der Waals surface area contributed by atoms with E-state index >= 15 is 0 Å². The van der Waals surface area contributed by atoms with E-state index < -0.39 is 35.0 Å². The minimum Gasteiger partial charge on any atom is -0.465 e. The number of esters is 1. The van der Waals surface area contributed by atoms with Crippen molar-refractivity contribution < 1.29 is 29.0 Å². The van der Waals surface area contributed by atoms with E-state index in [-0.39, 0.29) is 44.0 Å². The molecule has 0 aliphatic carbocycles. The minimum absolute atomic E-state index is 0.0153. The van der Waals surface area contributed by atoms with E-state index in [1.807, 2.05) is 50.3 Å². The second-order valence-electron chi connectivity index (χ2n) is 10.9. The molecular weight excluding hydrogens is 484 g/mol. The number of amides is 2. The first kappa shape index (κ1) is 28.0. The van der Waals surface area contributed by atoms with Crippen LogP contribution in [0.3, 0.4) is 0 Å². The highest BCUT2D eigenvalue weighted by molar-refractivity contribution is 5.98. The molecule has 2 bridgehead atoms. The van der Waals surface area contributed by atoms with Crippen LogP contribution in [0, 0.1) is 17.8 Å². The number of carbonyl (C=O) groups excluding carboxylic acids is 3. The van der Waals surface area contributed by atoms with Crippen molar-refractivity contribution in [2.45, 2.75) is 63.3 Å². The molecule has 1 N–H and O–H groups in total. The molecule has 8 heteroatoms. The van der Waals surface area contributed by atoms with Crippen LogP contribution in [-0.4, -0.2) is 76.2 Å². The Morgan fingerprint density at radius 3 is 2.63 bits per heavy atom. The highest BCUT2D eigenvalue weighted by Gasteiger charge is 2.80. The zero-order valence-electron chi connectivity index (χ0n) is 22.5. The number of nitrogens with zero attached hydrogens (tertiary/aromatic N) is 2. The minimum atomic E-state index is -1.17. The van der Waals surface area contributed by atoms with Crippen LogP contribution in [0.25, 0.3) is 0 Å². The number of rotatable bonds is 13. The molecule has 6 atom stereocenters. The molecular formula is C30H40N2O6. The Hall–Kier alpha value is -2.97. The van der Waals surface area contributed by atoms with Crippen molar-refractivity contribution in [2.75, 3.05) is 26.3 Å². The van der Waals surface area contributed by atoms with Crippen molar-refractivity contribution in [3.63, 3.8) is 0 Å². The molecule has 0 radical (unpaired) electrons. The number of aliphatic hydroxyl groups excluding tert-OH is 1. The lowest BCUT2D eigenvalue weighted by atomic mass is 9.62. The molecule has 3 aliphatic rings. The number of ether oxygens (including phenoxy) is 2. The zero-order chi connectivity index (χ0) is 27.5. The van der Waals surface area contributed by atoms with Gasteiger partial charge in [-0.1, -0.05) is 49.4 Å². The van der Waals surface area contributed by atoms with Gasteiger partial charge in [0.05, 0.1) is 24.7 Å². The Kier molecular flexibility index (Phi) is 8.43. The van der Waals surface area contributed by atoms with Gasteiger partial charge in [-0.3, -0.25) is 14.4 Å². The van der Waals surface area contributed by atoms with Crippen LogP contribution in [0.4, 0.5) is 0 Å². The normalized spacial score (nSPS) is 31.2. The Labute approximate surface area is 225 Å². The maximum atomic E-state index is 14.3. The van der Waals surface area contributed by atoms with Crippen molar-refractivity contribution in [2.24, 2.45) is 17.8 Å². The fourth-order valence-corrected chi connectivity index (χ4v) is 6.74. The van der Waals surface area contributed by atoms with Gasteiger partial charge in [0.2, 0.25) is 11.8 Å². The highest BCUT2D eigenvalue weighted by Crippen LogP contribution is 2.65. The molecule has 1 spiro atoms. The molecule has 206 valence electrons. The summed E-state index contributed by atoms with van der Waals surface area (Å²) >= 11 is 0. The molecule has 1 aromatic carbocycles. The molecule has 3 unspecified atom stereocenters. The summed E-state index contributed by atoms with van der Waals surface area (Å²) in [7, 11) is 0. The maximum Gasteiger partial charge on any atom is 0.312 e. The first-order chi connectivity index (χ1) is 18.2. The average Bonchev–Trinajstić information content (AvgIpc) is 3.41.